The Morgan fingerprint density at radius 3 is 2.66 bits per heavy atom. The average molecular weight is 455 g/mol. The van der Waals surface area contributed by atoms with Crippen LogP contribution in [0.15, 0.2) is 64.0 Å². The minimum Gasteiger partial charge on any atom is -0.489 e. The maximum atomic E-state index is 12.9. The van der Waals surface area contributed by atoms with Crippen LogP contribution in [-0.2, 0) is 21.1 Å². The predicted molar refractivity (Wildman–Crippen MR) is 115 cm³/mol. The second-order valence-electron chi connectivity index (χ2n) is 7.48. The molecular formula is C22H21N3O6S. The van der Waals surface area contributed by atoms with Gasteiger partial charge >= 0.3 is 0 Å². The highest BCUT2D eigenvalue weighted by Crippen LogP contribution is 2.33. The number of sulfone groups is 1. The molecule has 9 nitrogen and oxygen atoms in total. The van der Waals surface area contributed by atoms with Gasteiger partial charge in [0, 0.05) is 25.8 Å². The van der Waals surface area contributed by atoms with E-state index in [-0.39, 0.29) is 17.2 Å². The van der Waals surface area contributed by atoms with Crippen molar-refractivity contribution < 1.29 is 27.3 Å². The van der Waals surface area contributed by atoms with Gasteiger partial charge in [-0.2, -0.15) is 0 Å². The SMILES string of the molecule is CN1C(=O)C(NC(=O)c2cc(Cc3ccccc3)on2)COc2ccc(S(C)(=O)=O)cc21. The molecule has 0 spiro atoms. The lowest BCUT2D eigenvalue weighted by Crippen LogP contribution is -2.49. The standard InChI is InChI=1S/C22H21N3O6S/c1-25-19-12-16(32(2,28)29)8-9-20(19)30-13-18(22(25)27)23-21(26)17-11-15(31-24-17)10-14-6-4-3-5-7-14/h3-9,11-12,18H,10,13H2,1-2H3,(H,23,26). The van der Waals surface area contributed by atoms with E-state index < -0.39 is 27.7 Å². The molecule has 166 valence electrons. The van der Waals surface area contributed by atoms with Crippen LogP contribution in [0.2, 0.25) is 0 Å². The quantitative estimate of drug-likeness (QED) is 0.623. The van der Waals surface area contributed by atoms with E-state index >= 15 is 0 Å². The molecule has 1 atom stereocenters. The van der Waals surface area contributed by atoms with Gasteiger partial charge in [0.15, 0.2) is 15.5 Å². The van der Waals surface area contributed by atoms with Crippen LogP contribution in [-0.4, -0.2) is 51.3 Å². The summed E-state index contributed by atoms with van der Waals surface area (Å²) in [6.45, 7) is -0.116. The minimum absolute atomic E-state index is 0.0486. The van der Waals surface area contributed by atoms with E-state index in [4.69, 9.17) is 9.26 Å². The molecule has 2 heterocycles. The second kappa shape index (κ2) is 8.46. The number of likely N-dealkylation sites (N-methyl/N-ethyl adjacent to an activating group) is 1. The number of nitrogens with zero attached hydrogens (tertiary/aromatic N) is 2. The van der Waals surface area contributed by atoms with Gasteiger partial charge in [0.05, 0.1) is 10.6 Å². The Kier molecular flexibility index (Phi) is 5.70. The maximum Gasteiger partial charge on any atom is 0.274 e. The number of carbonyl (C=O) groups excluding carboxylic acids is 2. The monoisotopic (exact) mass is 455 g/mol. The average Bonchev–Trinajstić information content (AvgIpc) is 3.20. The van der Waals surface area contributed by atoms with Crippen molar-refractivity contribution in [3.8, 4) is 5.75 Å². The summed E-state index contributed by atoms with van der Waals surface area (Å²) in [5, 5.41) is 6.42. The third-order valence-corrected chi connectivity index (χ3v) is 6.18. The van der Waals surface area contributed by atoms with Crippen molar-refractivity contribution in [2.45, 2.75) is 17.4 Å². The van der Waals surface area contributed by atoms with Gasteiger partial charge in [-0.15, -0.1) is 0 Å². The smallest absolute Gasteiger partial charge is 0.274 e. The van der Waals surface area contributed by atoms with Crippen LogP contribution in [0.3, 0.4) is 0 Å². The Balaban J connectivity index is 1.48. The fraction of sp³-hybridized carbons (Fsp3) is 0.227. The second-order valence-corrected chi connectivity index (χ2v) is 9.49. The van der Waals surface area contributed by atoms with Crippen molar-refractivity contribution in [2.75, 3.05) is 24.8 Å². The first-order valence-electron chi connectivity index (χ1n) is 9.77. The molecule has 1 unspecified atom stereocenters. The Labute approximate surface area is 184 Å². The Morgan fingerprint density at radius 1 is 1.19 bits per heavy atom. The van der Waals surface area contributed by atoms with Gasteiger partial charge < -0.3 is 19.5 Å². The normalized spacial score (nSPS) is 16.1. The van der Waals surface area contributed by atoms with E-state index in [2.05, 4.69) is 10.5 Å². The first kappa shape index (κ1) is 21.6. The van der Waals surface area contributed by atoms with Crippen molar-refractivity contribution in [2.24, 2.45) is 0 Å². The van der Waals surface area contributed by atoms with E-state index in [0.717, 1.165) is 11.8 Å². The molecule has 0 radical (unpaired) electrons. The van der Waals surface area contributed by atoms with Crippen molar-refractivity contribution >= 4 is 27.3 Å². The Morgan fingerprint density at radius 2 is 1.94 bits per heavy atom. The van der Waals surface area contributed by atoms with Gasteiger partial charge in [-0.3, -0.25) is 9.59 Å². The summed E-state index contributed by atoms with van der Waals surface area (Å²) in [5.74, 6) is -0.166. The zero-order valence-corrected chi connectivity index (χ0v) is 18.3. The van der Waals surface area contributed by atoms with E-state index in [1.54, 1.807) is 0 Å². The van der Waals surface area contributed by atoms with Gasteiger partial charge in [0.25, 0.3) is 11.8 Å². The lowest BCUT2D eigenvalue weighted by molar-refractivity contribution is -0.120. The number of hydrogen-bond donors (Lipinski definition) is 1. The van der Waals surface area contributed by atoms with Crippen LogP contribution >= 0.6 is 0 Å². The third-order valence-electron chi connectivity index (χ3n) is 5.07. The number of ether oxygens (including phenoxy) is 1. The number of benzene rings is 2. The Bertz CT molecular complexity index is 1270. The molecule has 0 saturated carbocycles. The molecule has 1 aromatic heterocycles. The van der Waals surface area contributed by atoms with Crippen molar-refractivity contribution in [1.82, 2.24) is 10.5 Å². The summed E-state index contributed by atoms with van der Waals surface area (Å²) in [6, 6.07) is 14.4. The summed E-state index contributed by atoms with van der Waals surface area (Å²) in [6.07, 6.45) is 1.56. The molecule has 10 heteroatoms. The molecule has 1 aliphatic rings. The van der Waals surface area contributed by atoms with Gasteiger partial charge in [0.2, 0.25) is 0 Å². The predicted octanol–water partition coefficient (Wildman–Crippen LogP) is 1.82. The molecule has 32 heavy (non-hydrogen) atoms. The number of aromatic nitrogens is 1. The Hall–Kier alpha value is -3.66. The summed E-state index contributed by atoms with van der Waals surface area (Å²) >= 11 is 0. The molecular weight excluding hydrogens is 434 g/mol. The molecule has 4 rings (SSSR count). The first-order chi connectivity index (χ1) is 15.2. The van der Waals surface area contributed by atoms with Crippen LogP contribution < -0.4 is 15.0 Å². The molecule has 1 aliphatic heterocycles. The number of fused-ring (bicyclic) bond motifs is 1. The number of hydrogen-bond acceptors (Lipinski definition) is 7. The summed E-state index contributed by atoms with van der Waals surface area (Å²) in [4.78, 5) is 26.9. The molecule has 1 N–H and O–H groups in total. The van der Waals surface area contributed by atoms with Crippen LogP contribution in [0, 0.1) is 0 Å². The lowest BCUT2D eigenvalue weighted by Gasteiger charge is -2.20. The van der Waals surface area contributed by atoms with Gasteiger partial charge in [-0.05, 0) is 23.8 Å². The van der Waals surface area contributed by atoms with Crippen molar-refractivity contribution in [3.05, 3.63) is 71.6 Å². The highest BCUT2D eigenvalue weighted by atomic mass is 32.2. The molecule has 0 fully saturated rings. The van der Waals surface area contributed by atoms with Crippen LogP contribution in [0.25, 0.3) is 0 Å². The van der Waals surface area contributed by atoms with Gasteiger partial charge in [-0.1, -0.05) is 35.5 Å². The summed E-state index contributed by atoms with van der Waals surface area (Å²) in [5.41, 5.74) is 1.37. The molecule has 2 amide bonds. The number of nitrogens with one attached hydrogen (secondary N) is 1. The van der Waals surface area contributed by atoms with Crippen molar-refractivity contribution in [1.29, 1.82) is 0 Å². The maximum absolute atomic E-state index is 12.9. The molecule has 3 aromatic rings. The van der Waals surface area contributed by atoms with Gasteiger partial charge in [0.1, 0.15) is 24.2 Å². The molecule has 2 aromatic carbocycles. The third kappa shape index (κ3) is 4.50. The van der Waals surface area contributed by atoms with Gasteiger partial charge in [-0.25, -0.2) is 8.42 Å². The largest absolute Gasteiger partial charge is 0.489 e. The highest BCUT2D eigenvalue weighted by molar-refractivity contribution is 7.90. The van der Waals surface area contributed by atoms with Crippen LogP contribution in [0.1, 0.15) is 21.8 Å². The zero-order chi connectivity index (χ0) is 22.9. The first-order valence-corrected chi connectivity index (χ1v) is 11.7. The molecule has 0 saturated heterocycles. The topological polar surface area (TPSA) is 119 Å². The van der Waals surface area contributed by atoms with E-state index in [9.17, 15) is 18.0 Å². The zero-order valence-electron chi connectivity index (χ0n) is 17.4. The van der Waals surface area contributed by atoms with Crippen molar-refractivity contribution in [3.63, 3.8) is 0 Å². The fourth-order valence-corrected chi connectivity index (χ4v) is 3.99. The van der Waals surface area contributed by atoms with E-state index in [0.29, 0.717) is 23.6 Å². The number of carbonyl (C=O) groups is 2. The lowest BCUT2D eigenvalue weighted by atomic mass is 10.1. The summed E-state index contributed by atoms with van der Waals surface area (Å²) in [7, 11) is -1.96. The fourth-order valence-electron chi connectivity index (χ4n) is 3.34. The number of anilines is 1. The van der Waals surface area contributed by atoms with E-state index in [1.165, 1.54) is 36.2 Å². The summed E-state index contributed by atoms with van der Waals surface area (Å²) < 4.78 is 34.6. The molecule has 0 bridgehead atoms. The van der Waals surface area contributed by atoms with Crippen LogP contribution in [0.4, 0.5) is 5.69 Å². The van der Waals surface area contributed by atoms with E-state index in [1.807, 2.05) is 30.3 Å². The highest BCUT2D eigenvalue weighted by Gasteiger charge is 2.32. The number of amides is 2. The minimum atomic E-state index is -3.46. The molecule has 0 aliphatic carbocycles. The van der Waals surface area contributed by atoms with Crippen LogP contribution in [0.5, 0.6) is 5.75 Å². The number of rotatable bonds is 5.